The molecule has 0 spiro atoms. The van der Waals surface area contributed by atoms with Crippen LogP contribution in [0.5, 0.6) is 0 Å². The smallest absolute Gasteiger partial charge is 0.340 e. The normalized spacial score (nSPS) is 10.2. The number of esters is 1. The number of anilines is 1. The summed E-state index contributed by atoms with van der Waals surface area (Å²) in [4.78, 5) is 15.6. The zero-order chi connectivity index (χ0) is 10.8. The number of methoxy groups -OCH3 is 1. The Balaban J connectivity index is 2.74. The van der Waals surface area contributed by atoms with Crippen molar-refractivity contribution in [2.24, 2.45) is 0 Å². The van der Waals surface area contributed by atoms with Gasteiger partial charge in [-0.15, -0.1) is 0 Å². The number of para-hydroxylation sites is 1. The van der Waals surface area contributed by atoms with Crippen LogP contribution in [-0.2, 0) is 4.74 Å². The second kappa shape index (κ2) is 3.57. The third kappa shape index (κ3) is 1.61. The highest BCUT2D eigenvalue weighted by molar-refractivity contribution is 6.02. The monoisotopic (exact) mass is 202 g/mol. The fourth-order valence-corrected chi connectivity index (χ4v) is 1.44. The Morgan fingerprint density at radius 2 is 2.13 bits per heavy atom. The van der Waals surface area contributed by atoms with Gasteiger partial charge in [-0.25, -0.2) is 9.78 Å². The van der Waals surface area contributed by atoms with Crippen LogP contribution in [0.25, 0.3) is 10.9 Å². The number of nitrogens with zero attached hydrogens (tertiary/aromatic N) is 1. The van der Waals surface area contributed by atoms with Crippen LogP contribution in [0, 0.1) is 0 Å². The third-order valence-electron chi connectivity index (χ3n) is 2.15. The summed E-state index contributed by atoms with van der Waals surface area (Å²) < 4.78 is 4.66. The molecule has 0 aliphatic heterocycles. The van der Waals surface area contributed by atoms with Gasteiger partial charge in [0.05, 0.1) is 18.2 Å². The molecule has 1 aromatic heterocycles. The van der Waals surface area contributed by atoms with Crippen LogP contribution in [0.15, 0.2) is 30.3 Å². The lowest BCUT2D eigenvalue weighted by Crippen LogP contribution is -2.03. The number of rotatable bonds is 1. The van der Waals surface area contributed by atoms with Crippen LogP contribution in [0.3, 0.4) is 0 Å². The highest BCUT2D eigenvalue weighted by atomic mass is 16.5. The van der Waals surface area contributed by atoms with Gasteiger partial charge in [-0.3, -0.25) is 0 Å². The van der Waals surface area contributed by atoms with Gasteiger partial charge in [-0.05, 0) is 18.2 Å². The standard InChI is InChI=1S/C11H10N2O2/c1-15-11(14)8-4-2-3-7-5-6-9(12)13-10(7)8/h2-6H,1H3,(H2,12,13). The first kappa shape index (κ1) is 9.45. The maximum atomic E-state index is 11.4. The van der Waals surface area contributed by atoms with Crippen LogP contribution >= 0.6 is 0 Å². The van der Waals surface area contributed by atoms with Gasteiger partial charge < -0.3 is 10.5 Å². The van der Waals surface area contributed by atoms with E-state index in [4.69, 9.17) is 5.73 Å². The minimum atomic E-state index is -0.404. The average molecular weight is 202 g/mol. The Morgan fingerprint density at radius 3 is 2.87 bits per heavy atom. The topological polar surface area (TPSA) is 65.2 Å². The summed E-state index contributed by atoms with van der Waals surface area (Å²) in [6.45, 7) is 0. The Labute approximate surface area is 86.7 Å². The van der Waals surface area contributed by atoms with Gasteiger partial charge in [0.2, 0.25) is 0 Å². The Morgan fingerprint density at radius 1 is 1.33 bits per heavy atom. The van der Waals surface area contributed by atoms with Crippen LogP contribution in [0.2, 0.25) is 0 Å². The van der Waals surface area contributed by atoms with E-state index in [2.05, 4.69) is 9.72 Å². The summed E-state index contributed by atoms with van der Waals surface area (Å²) in [5, 5.41) is 0.868. The van der Waals surface area contributed by atoms with Crippen molar-refractivity contribution in [2.45, 2.75) is 0 Å². The largest absolute Gasteiger partial charge is 0.465 e. The van der Waals surface area contributed by atoms with Gasteiger partial charge in [0, 0.05) is 5.39 Å². The summed E-state index contributed by atoms with van der Waals surface area (Å²) in [6.07, 6.45) is 0. The van der Waals surface area contributed by atoms with Crippen LogP contribution in [0.1, 0.15) is 10.4 Å². The predicted octanol–water partition coefficient (Wildman–Crippen LogP) is 1.60. The second-order valence-electron chi connectivity index (χ2n) is 3.10. The van der Waals surface area contributed by atoms with Crippen molar-refractivity contribution in [3.63, 3.8) is 0 Å². The molecule has 4 nitrogen and oxygen atoms in total. The molecule has 0 unspecified atom stereocenters. The van der Waals surface area contributed by atoms with Crippen LogP contribution < -0.4 is 5.73 Å². The summed E-state index contributed by atoms with van der Waals surface area (Å²) in [5.41, 5.74) is 6.58. The Hall–Kier alpha value is -2.10. The summed E-state index contributed by atoms with van der Waals surface area (Å²) in [6, 6.07) is 8.84. The van der Waals surface area contributed by atoms with Gasteiger partial charge >= 0.3 is 5.97 Å². The van der Waals surface area contributed by atoms with Gasteiger partial charge in [-0.1, -0.05) is 12.1 Å². The zero-order valence-electron chi connectivity index (χ0n) is 8.23. The summed E-state index contributed by atoms with van der Waals surface area (Å²) in [7, 11) is 1.34. The molecule has 4 heteroatoms. The first-order valence-corrected chi connectivity index (χ1v) is 4.46. The first-order valence-electron chi connectivity index (χ1n) is 4.46. The minimum Gasteiger partial charge on any atom is -0.465 e. The fourth-order valence-electron chi connectivity index (χ4n) is 1.44. The first-order chi connectivity index (χ1) is 7.22. The molecule has 2 aromatic rings. The van der Waals surface area contributed by atoms with E-state index in [9.17, 15) is 4.79 Å². The molecule has 0 aliphatic carbocycles. The fraction of sp³-hybridized carbons (Fsp3) is 0.0909. The van der Waals surface area contributed by atoms with Crippen molar-refractivity contribution in [1.82, 2.24) is 4.98 Å². The molecule has 0 atom stereocenters. The minimum absolute atomic E-state index is 0.388. The maximum absolute atomic E-state index is 11.4. The van der Waals surface area contributed by atoms with E-state index >= 15 is 0 Å². The molecular formula is C11H10N2O2. The van der Waals surface area contributed by atoms with E-state index in [-0.39, 0.29) is 0 Å². The highest BCUT2D eigenvalue weighted by Crippen LogP contribution is 2.18. The number of nitrogens with two attached hydrogens (primary N) is 1. The lowest BCUT2D eigenvalue weighted by Gasteiger charge is -2.04. The number of pyridine rings is 1. The lowest BCUT2D eigenvalue weighted by molar-refractivity contribution is 0.0603. The Bertz CT molecular complexity index is 523. The SMILES string of the molecule is COC(=O)c1cccc2ccc(N)nc12. The summed E-state index contributed by atoms with van der Waals surface area (Å²) >= 11 is 0. The van der Waals surface area contributed by atoms with E-state index < -0.39 is 5.97 Å². The molecule has 0 saturated carbocycles. The average Bonchev–Trinajstić information content (AvgIpc) is 2.27. The van der Waals surface area contributed by atoms with Crippen molar-refractivity contribution in [2.75, 3.05) is 12.8 Å². The number of ether oxygens (including phenoxy) is 1. The number of aromatic nitrogens is 1. The number of benzene rings is 1. The molecule has 76 valence electrons. The van der Waals surface area contributed by atoms with E-state index in [0.717, 1.165) is 5.39 Å². The van der Waals surface area contributed by atoms with Crippen molar-refractivity contribution in [3.05, 3.63) is 35.9 Å². The molecular weight excluding hydrogens is 192 g/mol. The van der Waals surface area contributed by atoms with Gasteiger partial charge in [0.25, 0.3) is 0 Å². The Kier molecular flexibility index (Phi) is 2.25. The number of hydrogen-bond donors (Lipinski definition) is 1. The van der Waals surface area contributed by atoms with Gasteiger partial charge in [0.15, 0.2) is 0 Å². The third-order valence-corrected chi connectivity index (χ3v) is 2.15. The highest BCUT2D eigenvalue weighted by Gasteiger charge is 2.10. The molecule has 0 saturated heterocycles. The molecule has 0 fully saturated rings. The van der Waals surface area contributed by atoms with Crippen LogP contribution in [0.4, 0.5) is 5.82 Å². The molecule has 2 rings (SSSR count). The molecule has 15 heavy (non-hydrogen) atoms. The zero-order valence-corrected chi connectivity index (χ0v) is 8.23. The molecule has 0 amide bonds. The van der Waals surface area contributed by atoms with Gasteiger partial charge in [0.1, 0.15) is 5.82 Å². The maximum Gasteiger partial charge on any atom is 0.340 e. The lowest BCUT2D eigenvalue weighted by atomic mass is 10.1. The molecule has 0 bridgehead atoms. The molecule has 1 aromatic carbocycles. The van der Waals surface area contributed by atoms with Crippen molar-refractivity contribution < 1.29 is 9.53 Å². The number of carbonyl (C=O) groups is 1. The van der Waals surface area contributed by atoms with E-state index in [0.29, 0.717) is 16.9 Å². The van der Waals surface area contributed by atoms with E-state index in [1.165, 1.54) is 7.11 Å². The van der Waals surface area contributed by atoms with E-state index in [1.54, 1.807) is 18.2 Å². The number of hydrogen-bond acceptors (Lipinski definition) is 4. The molecule has 2 N–H and O–H groups in total. The predicted molar refractivity (Wildman–Crippen MR) is 57.5 cm³/mol. The van der Waals surface area contributed by atoms with E-state index in [1.807, 2.05) is 12.1 Å². The quantitative estimate of drug-likeness (QED) is 0.713. The van der Waals surface area contributed by atoms with Gasteiger partial charge in [-0.2, -0.15) is 0 Å². The summed E-state index contributed by atoms with van der Waals surface area (Å²) in [5.74, 6) is -0.0162. The second-order valence-corrected chi connectivity index (χ2v) is 3.10. The molecule has 0 radical (unpaired) electrons. The molecule has 0 aliphatic rings. The van der Waals surface area contributed by atoms with Crippen molar-refractivity contribution >= 4 is 22.7 Å². The van der Waals surface area contributed by atoms with Crippen LogP contribution in [-0.4, -0.2) is 18.1 Å². The van der Waals surface area contributed by atoms with Crippen molar-refractivity contribution in [3.8, 4) is 0 Å². The number of fused-ring (bicyclic) bond motifs is 1. The molecule has 1 heterocycles. The van der Waals surface area contributed by atoms with Crippen molar-refractivity contribution in [1.29, 1.82) is 0 Å². The number of nitrogen functional groups attached to an aromatic ring is 1. The number of carbonyl (C=O) groups excluding carboxylic acids is 1.